The first-order valence-corrected chi connectivity index (χ1v) is 7.72. The molecule has 0 fully saturated rings. The minimum Gasteiger partial charge on any atom is -0.467 e. The molecule has 0 aromatic heterocycles. The highest BCUT2D eigenvalue weighted by Crippen LogP contribution is 2.18. The van der Waals surface area contributed by atoms with Crippen molar-refractivity contribution in [3.63, 3.8) is 0 Å². The average molecular weight is 326 g/mol. The molecular formula is C19H22N2O3. The highest BCUT2D eigenvalue weighted by Gasteiger charge is 2.33. The number of nitrogens with one attached hydrogen (secondary N) is 1. The molecule has 0 aliphatic carbocycles. The van der Waals surface area contributed by atoms with E-state index in [2.05, 4.69) is 5.32 Å². The molecule has 126 valence electrons. The van der Waals surface area contributed by atoms with Crippen LogP contribution < -0.4 is 11.1 Å². The zero-order valence-corrected chi connectivity index (χ0v) is 13.9. The third-order valence-electron chi connectivity index (χ3n) is 3.92. The zero-order valence-electron chi connectivity index (χ0n) is 13.9. The molecule has 3 N–H and O–H groups in total. The van der Waals surface area contributed by atoms with Gasteiger partial charge in [-0.05, 0) is 18.1 Å². The van der Waals surface area contributed by atoms with Crippen LogP contribution in [0, 0.1) is 0 Å². The molecule has 2 rings (SSSR count). The largest absolute Gasteiger partial charge is 0.467 e. The second kappa shape index (κ2) is 7.75. The molecule has 0 aliphatic rings. The van der Waals surface area contributed by atoms with Crippen molar-refractivity contribution in [2.45, 2.75) is 24.9 Å². The van der Waals surface area contributed by atoms with E-state index in [1.54, 1.807) is 19.1 Å². The van der Waals surface area contributed by atoms with E-state index in [0.29, 0.717) is 12.0 Å². The fourth-order valence-corrected chi connectivity index (χ4v) is 2.41. The maximum Gasteiger partial charge on any atom is 0.328 e. The molecule has 5 nitrogen and oxygen atoms in total. The van der Waals surface area contributed by atoms with E-state index in [0.717, 1.165) is 5.56 Å². The summed E-state index contributed by atoms with van der Waals surface area (Å²) in [5.41, 5.74) is 6.55. The van der Waals surface area contributed by atoms with Gasteiger partial charge in [0.15, 0.2) is 0 Å². The van der Waals surface area contributed by atoms with Crippen molar-refractivity contribution in [1.29, 1.82) is 0 Å². The molecule has 0 radical (unpaired) electrons. The number of benzene rings is 2. The van der Waals surface area contributed by atoms with E-state index in [1.807, 2.05) is 48.5 Å². The van der Waals surface area contributed by atoms with Gasteiger partial charge in [0.1, 0.15) is 11.6 Å². The molecule has 2 unspecified atom stereocenters. The molecule has 2 aromatic carbocycles. The maximum absolute atomic E-state index is 12.6. The number of ether oxygens (including phenoxy) is 1. The van der Waals surface area contributed by atoms with Gasteiger partial charge in [0.25, 0.3) is 0 Å². The number of hydrogen-bond acceptors (Lipinski definition) is 4. The Bertz CT molecular complexity index is 684. The Morgan fingerprint density at radius 3 is 2.17 bits per heavy atom. The summed E-state index contributed by atoms with van der Waals surface area (Å²) in [6.45, 7) is 1.62. The molecule has 24 heavy (non-hydrogen) atoms. The Labute approximate surface area is 141 Å². The van der Waals surface area contributed by atoms with Crippen LogP contribution in [0.1, 0.15) is 18.1 Å². The number of methoxy groups -OCH3 is 1. The van der Waals surface area contributed by atoms with Gasteiger partial charge in [-0.2, -0.15) is 0 Å². The standard InChI is InChI=1S/C19H22N2O3/c1-19(20,15-11-7-4-8-12-15)18(23)21-16(17(22)24-2)13-14-9-5-3-6-10-14/h3-12,16H,13,20H2,1-2H3,(H,21,23). The minimum atomic E-state index is -1.25. The van der Waals surface area contributed by atoms with Crippen LogP contribution in [0.15, 0.2) is 60.7 Å². The summed E-state index contributed by atoms with van der Waals surface area (Å²) in [6.07, 6.45) is 0.337. The normalized spacial score (nSPS) is 14.3. The van der Waals surface area contributed by atoms with Crippen molar-refractivity contribution in [1.82, 2.24) is 5.32 Å². The smallest absolute Gasteiger partial charge is 0.328 e. The molecular weight excluding hydrogens is 304 g/mol. The van der Waals surface area contributed by atoms with E-state index in [9.17, 15) is 9.59 Å². The van der Waals surface area contributed by atoms with E-state index in [-0.39, 0.29) is 0 Å². The molecule has 0 spiro atoms. The summed E-state index contributed by atoms with van der Waals surface area (Å²) >= 11 is 0. The van der Waals surface area contributed by atoms with Crippen LogP contribution >= 0.6 is 0 Å². The molecule has 0 aliphatic heterocycles. The first kappa shape index (κ1) is 17.7. The van der Waals surface area contributed by atoms with E-state index < -0.39 is 23.5 Å². The van der Waals surface area contributed by atoms with Gasteiger partial charge in [-0.25, -0.2) is 4.79 Å². The third-order valence-corrected chi connectivity index (χ3v) is 3.92. The van der Waals surface area contributed by atoms with Crippen molar-refractivity contribution in [2.24, 2.45) is 5.73 Å². The van der Waals surface area contributed by atoms with Gasteiger partial charge >= 0.3 is 5.97 Å². The summed E-state index contributed by atoms with van der Waals surface area (Å²) in [5.74, 6) is -0.934. The second-order valence-electron chi connectivity index (χ2n) is 5.81. The van der Waals surface area contributed by atoms with Crippen molar-refractivity contribution in [3.05, 3.63) is 71.8 Å². The number of rotatable bonds is 6. The summed E-state index contributed by atoms with van der Waals surface area (Å²) in [7, 11) is 1.30. The lowest BCUT2D eigenvalue weighted by atomic mass is 9.91. The average Bonchev–Trinajstić information content (AvgIpc) is 2.62. The van der Waals surface area contributed by atoms with Crippen LogP contribution in [0.2, 0.25) is 0 Å². The summed E-state index contributed by atoms with van der Waals surface area (Å²) < 4.78 is 4.81. The topological polar surface area (TPSA) is 81.4 Å². The minimum absolute atomic E-state index is 0.337. The Hall–Kier alpha value is -2.66. The highest BCUT2D eigenvalue weighted by molar-refractivity contribution is 5.91. The first-order chi connectivity index (χ1) is 11.4. The van der Waals surface area contributed by atoms with Gasteiger partial charge in [-0.3, -0.25) is 4.79 Å². The predicted octanol–water partition coefficient (Wildman–Crippen LogP) is 1.76. The molecule has 2 aromatic rings. The Balaban J connectivity index is 2.16. The lowest BCUT2D eigenvalue weighted by molar-refractivity contribution is -0.145. The molecule has 0 heterocycles. The fraction of sp³-hybridized carbons (Fsp3) is 0.263. The second-order valence-corrected chi connectivity index (χ2v) is 5.81. The number of carbonyl (C=O) groups is 2. The van der Waals surface area contributed by atoms with Gasteiger partial charge in [-0.15, -0.1) is 0 Å². The molecule has 0 saturated carbocycles. The number of nitrogens with two attached hydrogens (primary N) is 1. The molecule has 0 saturated heterocycles. The van der Waals surface area contributed by atoms with E-state index in [4.69, 9.17) is 10.5 Å². The number of hydrogen-bond donors (Lipinski definition) is 2. The number of esters is 1. The maximum atomic E-state index is 12.6. The van der Waals surface area contributed by atoms with Crippen molar-refractivity contribution >= 4 is 11.9 Å². The van der Waals surface area contributed by atoms with Crippen LogP contribution in [0.4, 0.5) is 0 Å². The Morgan fingerprint density at radius 2 is 1.62 bits per heavy atom. The first-order valence-electron chi connectivity index (χ1n) is 7.72. The third kappa shape index (κ3) is 4.20. The van der Waals surface area contributed by atoms with Crippen LogP contribution in [0.3, 0.4) is 0 Å². The van der Waals surface area contributed by atoms with E-state index >= 15 is 0 Å². The van der Waals surface area contributed by atoms with Gasteiger partial charge < -0.3 is 15.8 Å². The predicted molar refractivity (Wildman–Crippen MR) is 92.1 cm³/mol. The molecule has 0 bridgehead atoms. The van der Waals surface area contributed by atoms with Crippen molar-refractivity contribution in [3.8, 4) is 0 Å². The van der Waals surface area contributed by atoms with E-state index in [1.165, 1.54) is 7.11 Å². The summed E-state index contributed by atoms with van der Waals surface area (Å²) in [5, 5.41) is 2.72. The van der Waals surface area contributed by atoms with Crippen molar-refractivity contribution < 1.29 is 14.3 Å². The molecule has 5 heteroatoms. The number of carbonyl (C=O) groups excluding carboxylic acids is 2. The van der Waals surface area contributed by atoms with Gasteiger partial charge in [-0.1, -0.05) is 60.7 Å². The fourth-order valence-electron chi connectivity index (χ4n) is 2.41. The van der Waals surface area contributed by atoms with Crippen molar-refractivity contribution in [2.75, 3.05) is 7.11 Å². The summed E-state index contributed by atoms with van der Waals surface area (Å²) in [6, 6.07) is 17.7. The van der Waals surface area contributed by atoms with Crippen LogP contribution in [-0.2, 0) is 26.3 Å². The lowest BCUT2D eigenvalue weighted by Gasteiger charge is -2.27. The van der Waals surface area contributed by atoms with Gasteiger partial charge in [0, 0.05) is 6.42 Å². The van der Waals surface area contributed by atoms with Gasteiger partial charge in [0.05, 0.1) is 7.11 Å². The SMILES string of the molecule is COC(=O)C(Cc1ccccc1)NC(=O)C(C)(N)c1ccccc1. The Morgan fingerprint density at radius 1 is 1.08 bits per heavy atom. The van der Waals surface area contributed by atoms with Crippen LogP contribution in [-0.4, -0.2) is 25.0 Å². The highest BCUT2D eigenvalue weighted by atomic mass is 16.5. The monoisotopic (exact) mass is 326 g/mol. The zero-order chi connectivity index (χ0) is 17.6. The molecule has 1 amide bonds. The van der Waals surface area contributed by atoms with Gasteiger partial charge in [0.2, 0.25) is 5.91 Å². The van der Waals surface area contributed by atoms with Crippen LogP contribution in [0.5, 0.6) is 0 Å². The lowest BCUT2D eigenvalue weighted by Crippen LogP contribution is -2.54. The van der Waals surface area contributed by atoms with Crippen LogP contribution in [0.25, 0.3) is 0 Å². The molecule has 2 atom stereocenters. The summed E-state index contributed by atoms with van der Waals surface area (Å²) in [4.78, 5) is 24.7. The Kier molecular flexibility index (Phi) is 5.71. The number of amides is 1. The quantitative estimate of drug-likeness (QED) is 0.793.